The summed E-state index contributed by atoms with van der Waals surface area (Å²) in [5.41, 5.74) is 0.0628. The lowest BCUT2D eigenvalue weighted by molar-refractivity contribution is -0.139. The molecule has 1 N–H and O–H groups in total. The van der Waals surface area contributed by atoms with Crippen LogP contribution >= 0.6 is 0 Å². The molecule has 152 valence electrons. The fourth-order valence-corrected chi connectivity index (χ4v) is 3.90. The molecule has 0 unspecified atom stereocenters. The number of carbonyl (C=O) groups excluding carboxylic acids is 3. The van der Waals surface area contributed by atoms with Gasteiger partial charge in [0.1, 0.15) is 17.8 Å². The van der Waals surface area contributed by atoms with Crippen LogP contribution in [0.25, 0.3) is 0 Å². The van der Waals surface area contributed by atoms with E-state index in [-0.39, 0.29) is 18.4 Å². The number of amides is 4. The van der Waals surface area contributed by atoms with E-state index in [1.54, 1.807) is 18.9 Å². The summed E-state index contributed by atoms with van der Waals surface area (Å²) in [4.78, 5) is 40.7. The van der Waals surface area contributed by atoms with Crippen LogP contribution in [-0.2, 0) is 16.0 Å². The van der Waals surface area contributed by atoms with Gasteiger partial charge in [0.2, 0.25) is 5.91 Å². The summed E-state index contributed by atoms with van der Waals surface area (Å²) in [6, 6.07) is 7.15. The van der Waals surface area contributed by atoms with Gasteiger partial charge in [-0.1, -0.05) is 19.1 Å². The summed E-state index contributed by atoms with van der Waals surface area (Å²) in [5, 5.41) is 2.78. The fraction of sp³-hybridized carbons (Fsp3) is 0.571. The van der Waals surface area contributed by atoms with Crippen LogP contribution in [0.4, 0.5) is 4.79 Å². The normalized spacial score (nSPS) is 25.0. The quantitative estimate of drug-likeness (QED) is 0.759. The highest BCUT2D eigenvalue weighted by Gasteiger charge is 2.48. The molecule has 2 saturated heterocycles. The lowest BCUT2D eigenvalue weighted by Gasteiger charge is -2.31. The molecule has 3 rings (SSSR count). The molecule has 0 bridgehead atoms. The number of nitrogens with one attached hydrogen (secondary N) is 1. The van der Waals surface area contributed by atoms with Crippen molar-refractivity contribution in [2.75, 3.05) is 26.7 Å². The number of piperidine rings is 1. The lowest BCUT2D eigenvalue weighted by Crippen LogP contribution is -2.47. The van der Waals surface area contributed by atoms with Crippen molar-refractivity contribution in [2.24, 2.45) is 5.92 Å². The van der Waals surface area contributed by atoms with Crippen LogP contribution in [-0.4, -0.2) is 59.9 Å². The monoisotopic (exact) mass is 387 g/mol. The summed E-state index contributed by atoms with van der Waals surface area (Å²) in [7, 11) is 1.61. The number of imide groups is 1. The van der Waals surface area contributed by atoms with E-state index >= 15 is 0 Å². The maximum Gasteiger partial charge on any atom is 0.325 e. The number of rotatable bonds is 6. The molecular weight excluding hydrogens is 358 g/mol. The maximum atomic E-state index is 12.9. The van der Waals surface area contributed by atoms with Crippen molar-refractivity contribution >= 4 is 17.8 Å². The minimum atomic E-state index is -0.994. The smallest absolute Gasteiger partial charge is 0.325 e. The molecule has 7 nitrogen and oxygen atoms in total. The second-order valence-electron chi connectivity index (χ2n) is 8.09. The highest BCUT2D eigenvalue weighted by atomic mass is 16.5. The maximum absolute atomic E-state index is 12.9. The Kier molecular flexibility index (Phi) is 5.91. The number of hydrogen-bond acceptors (Lipinski definition) is 4. The van der Waals surface area contributed by atoms with Crippen LogP contribution in [0.3, 0.4) is 0 Å². The van der Waals surface area contributed by atoms with Gasteiger partial charge in [0.15, 0.2) is 0 Å². The first-order chi connectivity index (χ1) is 13.3. The van der Waals surface area contributed by atoms with Gasteiger partial charge in [-0.15, -0.1) is 0 Å². The minimum Gasteiger partial charge on any atom is -0.497 e. The Bertz CT molecular complexity index is 749. The number of urea groups is 1. The Morgan fingerprint density at radius 1 is 1.29 bits per heavy atom. The Balaban J connectivity index is 1.60. The first-order valence-corrected chi connectivity index (χ1v) is 9.87. The fourth-order valence-electron chi connectivity index (χ4n) is 3.90. The van der Waals surface area contributed by atoms with E-state index in [0.29, 0.717) is 31.8 Å². The third-order valence-electron chi connectivity index (χ3n) is 5.72. The van der Waals surface area contributed by atoms with Gasteiger partial charge >= 0.3 is 6.03 Å². The summed E-state index contributed by atoms with van der Waals surface area (Å²) in [5.74, 6) is 0.742. The molecule has 1 aromatic rings. The average Bonchev–Trinajstić information content (AvgIpc) is 2.90. The zero-order valence-electron chi connectivity index (χ0n) is 16.9. The van der Waals surface area contributed by atoms with Gasteiger partial charge in [-0.05, 0) is 56.2 Å². The van der Waals surface area contributed by atoms with Crippen molar-refractivity contribution in [3.8, 4) is 5.75 Å². The summed E-state index contributed by atoms with van der Waals surface area (Å²) >= 11 is 0. The van der Waals surface area contributed by atoms with Crippen LogP contribution in [0.1, 0.15) is 38.7 Å². The molecule has 1 aromatic carbocycles. The molecule has 28 heavy (non-hydrogen) atoms. The topological polar surface area (TPSA) is 79.0 Å². The number of likely N-dealkylation sites (tertiary alicyclic amines) is 1. The van der Waals surface area contributed by atoms with Crippen molar-refractivity contribution < 1.29 is 19.1 Å². The Hall–Kier alpha value is -2.57. The van der Waals surface area contributed by atoms with Crippen molar-refractivity contribution in [3.63, 3.8) is 0 Å². The number of aryl methyl sites for hydroxylation is 1. The SMILES string of the molecule is COc1ccc(CC[C@@]2(C)NC(=O)N(CC(=O)N3CCC[C@H](C)C3)C2=O)cc1. The number of nitrogens with zero attached hydrogens (tertiary/aromatic N) is 2. The molecule has 2 aliphatic heterocycles. The number of ether oxygens (including phenoxy) is 1. The van der Waals surface area contributed by atoms with Gasteiger partial charge in [0.25, 0.3) is 5.91 Å². The van der Waals surface area contributed by atoms with Gasteiger partial charge in [-0.2, -0.15) is 0 Å². The van der Waals surface area contributed by atoms with Gasteiger partial charge in [-0.25, -0.2) is 4.79 Å². The first kappa shape index (κ1) is 20.2. The minimum absolute atomic E-state index is 0.158. The predicted molar refractivity (Wildman–Crippen MR) is 105 cm³/mol. The van der Waals surface area contributed by atoms with Gasteiger partial charge < -0.3 is 15.0 Å². The van der Waals surface area contributed by atoms with Crippen LogP contribution in [0, 0.1) is 5.92 Å². The molecule has 2 fully saturated rings. The number of hydrogen-bond donors (Lipinski definition) is 1. The van der Waals surface area contributed by atoms with E-state index in [4.69, 9.17) is 4.74 Å². The third-order valence-corrected chi connectivity index (χ3v) is 5.72. The second-order valence-corrected chi connectivity index (χ2v) is 8.09. The van der Waals surface area contributed by atoms with Crippen LogP contribution in [0.15, 0.2) is 24.3 Å². The molecule has 2 atom stereocenters. The van der Waals surface area contributed by atoms with Gasteiger partial charge in [-0.3, -0.25) is 14.5 Å². The summed E-state index contributed by atoms with van der Waals surface area (Å²) in [6.45, 7) is 5.04. The molecule has 4 amide bonds. The standard InChI is InChI=1S/C21H29N3O4/c1-15-5-4-12-23(13-15)18(25)14-24-19(26)21(2,22-20(24)27)11-10-16-6-8-17(28-3)9-7-16/h6-9,15H,4-5,10-14H2,1-3H3,(H,22,27)/t15-,21+/m0/s1. The molecule has 0 aromatic heterocycles. The highest BCUT2D eigenvalue weighted by molar-refractivity contribution is 6.08. The molecule has 2 aliphatic rings. The predicted octanol–water partition coefficient (Wildman–Crippen LogP) is 2.20. The number of carbonyl (C=O) groups is 3. The van der Waals surface area contributed by atoms with E-state index < -0.39 is 11.6 Å². The molecular formula is C21H29N3O4. The van der Waals surface area contributed by atoms with Crippen molar-refractivity contribution in [2.45, 2.75) is 45.1 Å². The average molecular weight is 387 g/mol. The molecule has 0 spiro atoms. The largest absolute Gasteiger partial charge is 0.497 e. The molecule has 7 heteroatoms. The van der Waals surface area contributed by atoms with Crippen LogP contribution in [0.2, 0.25) is 0 Å². The Morgan fingerprint density at radius 2 is 2.00 bits per heavy atom. The summed E-state index contributed by atoms with van der Waals surface area (Å²) < 4.78 is 5.15. The van der Waals surface area contributed by atoms with E-state index in [0.717, 1.165) is 29.1 Å². The molecule has 0 aliphatic carbocycles. The first-order valence-electron chi connectivity index (χ1n) is 9.87. The van der Waals surface area contributed by atoms with E-state index in [1.807, 2.05) is 24.3 Å². The molecule has 0 radical (unpaired) electrons. The second kappa shape index (κ2) is 8.20. The van der Waals surface area contributed by atoms with Crippen molar-refractivity contribution in [1.82, 2.24) is 15.1 Å². The molecule has 0 saturated carbocycles. The third kappa shape index (κ3) is 4.29. The van der Waals surface area contributed by atoms with Crippen molar-refractivity contribution in [3.05, 3.63) is 29.8 Å². The van der Waals surface area contributed by atoms with Gasteiger partial charge in [0, 0.05) is 13.1 Å². The Labute approximate surface area is 166 Å². The van der Waals surface area contributed by atoms with E-state index in [1.165, 1.54) is 0 Å². The molecule has 2 heterocycles. The Morgan fingerprint density at radius 3 is 2.64 bits per heavy atom. The van der Waals surface area contributed by atoms with Gasteiger partial charge in [0.05, 0.1) is 7.11 Å². The zero-order chi connectivity index (χ0) is 20.3. The highest BCUT2D eigenvalue weighted by Crippen LogP contribution is 2.24. The summed E-state index contributed by atoms with van der Waals surface area (Å²) in [6.07, 6.45) is 3.18. The number of methoxy groups -OCH3 is 1. The lowest BCUT2D eigenvalue weighted by atomic mass is 9.93. The van der Waals surface area contributed by atoms with Crippen LogP contribution in [0.5, 0.6) is 5.75 Å². The van der Waals surface area contributed by atoms with Crippen LogP contribution < -0.4 is 10.1 Å². The zero-order valence-corrected chi connectivity index (χ0v) is 16.9. The van der Waals surface area contributed by atoms with Crippen molar-refractivity contribution in [1.29, 1.82) is 0 Å². The van der Waals surface area contributed by atoms with E-state index in [2.05, 4.69) is 12.2 Å². The number of benzene rings is 1. The van der Waals surface area contributed by atoms with E-state index in [9.17, 15) is 14.4 Å².